The molecule has 1 amide bonds. The van der Waals surface area contributed by atoms with Crippen LogP contribution in [-0.2, 0) is 0 Å². The number of aromatic nitrogens is 1. The van der Waals surface area contributed by atoms with E-state index in [1.165, 1.54) is 0 Å². The molecule has 5 heteroatoms. The molecule has 98 valence electrons. The molecule has 1 aliphatic heterocycles. The minimum Gasteiger partial charge on any atom is -0.387 e. The Kier molecular flexibility index (Phi) is 4.11. The highest BCUT2D eigenvalue weighted by atomic mass is 32.2. The summed E-state index contributed by atoms with van der Waals surface area (Å²) >= 11 is 1.91. The van der Waals surface area contributed by atoms with Gasteiger partial charge in [-0.3, -0.25) is 9.78 Å². The van der Waals surface area contributed by atoms with E-state index in [1.54, 1.807) is 6.20 Å². The molecule has 2 heterocycles. The molecule has 1 aromatic heterocycles. The molecule has 0 saturated carbocycles. The zero-order chi connectivity index (χ0) is 13.1. The van der Waals surface area contributed by atoms with Crippen molar-refractivity contribution in [1.82, 2.24) is 9.88 Å². The number of anilines is 1. The number of carbonyl (C=O) groups excluding carboxylic acids is 1. The third-order valence-electron chi connectivity index (χ3n) is 3.31. The molecule has 0 aromatic carbocycles. The lowest BCUT2D eigenvalue weighted by Gasteiger charge is -2.24. The van der Waals surface area contributed by atoms with Crippen LogP contribution in [0.4, 0.5) is 5.69 Å². The molecule has 4 nitrogen and oxygen atoms in total. The van der Waals surface area contributed by atoms with Gasteiger partial charge in [-0.15, -0.1) is 0 Å². The first-order valence-electron chi connectivity index (χ1n) is 6.12. The molecular weight excluding hydrogens is 246 g/mol. The summed E-state index contributed by atoms with van der Waals surface area (Å²) in [5.74, 6) is 2.24. The van der Waals surface area contributed by atoms with Crippen LogP contribution in [0.5, 0.6) is 0 Å². The first-order chi connectivity index (χ1) is 8.63. The van der Waals surface area contributed by atoms with Gasteiger partial charge in [0.15, 0.2) is 0 Å². The maximum atomic E-state index is 12.5. The maximum absolute atomic E-state index is 12.5. The van der Waals surface area contributed by atoms with E-state index in [4.69, 9.17) is 0 Å². The second kappa shape index (κ2) is 5.61. The SMILES string of the molecule is CNc1cc(C)ncc1C(=O)N(C)C1CCSC1. The summed E-state index contributed by atoms with van der Waals surface area (Å²) in [5, 5.41) is 3.07. The second-order valence-electron chi connectivity index (χ2n) is 4.55. The van der Waals surface area contributed by atoms with Crippen molar-refractivity contribution < 1.29 is 4.79 Å². The van der Waals surface area contributed by atoms with Crippen LogP contribution in [0.15, 0.2) is 12.3 Å². The van der Waals surface area contributed by atoms with Crippen molar-refractivity contribution in [1.29, 1.82) is 0 Å². The lowest BCUT2D eigenvalue weighted by atomic mass is 10.1. The fourth-order valence-corrected chi connectivity index (χ4v) is 3.39. The number of pyridine rings is 1. The van der Waals surface area contributed by atoms with E-state index in [-0.39, 0.29) is 5.91 Å². The summed E-state index contributed by atoms with van der Waals surface area (Å²) in [4.78, 5) is 18.5. The highest BCUT2D eigenvalue weighted by molar-refractivity contribution is 7.99. The highest BCUT2D eigenvalue weighted by Gasteiger charge is 2.26. The van der Waals surface area contributed by atoms with Crippen LogP contribution in [-0.4, -0.2) is 47.4 Å². The fraction of sp³-hybridized carbons (Fsp3) is 0.538. The molecule has 1 saturated heterocycles. The molecule has 1 aromatic rings. The van der Waals surface area contributed by atoms with Crippen LogP contribution in [0.2, 0.25) is 0 Å². The Morgan fingerprint density at radius 2 is 2.39 bits per heavy atom. The van der Waals surface area contributed by atoms with Crippen molar-refractivity contribution in [2.45, 2.75) is 19.4 Å². The van der Waals surface area contributed by atoms with Crippen molar-refractivity contribution >= 4 is 23.4 Å². The van der Waals surface area contributed by atoms with Gasteiger partial charge >= 0.3 is 0 Å². The van der Waals surface area contributed by atoms with Gasteiger partial charge in [0.1, 0.15) is 0 Å². The van der Waals surface area contributed by atoms with Gasteiger partial charge in [-0.2, -0.15) is 11.8 Å². The topological polar surface area (TPSA) is 45.2 Å². The highest BCUT2D eigenvalue weighted by Crippen LogP contribution is 2.24. The van der Waals surface area contributed by atoms with Crippen LogP contribution in [0.25, 0.3) is 0 Å². The Morgan fingerprint density at radius 3 is 3.00 bits per heavy atom. The minimum atomic E-state index is 0.0550. The smallest absolute Gasteiger partial charge is 0.257 e. The van der Waals surface area contributed by atoms with Crippen molar-refractivity contribution in [3.05, 3.63) is 23.5 Å². The van der Waals surface area contributed by atoms with Crippen molar-refractivity contribution in [3.63, 3.8) is 0 Å². The summed E-state index contributed by atoms with van der Waals surface area (Å²) in [5.41, 5.74) is 2.42. The van der Waals surface area contributed by atoms with Crippen molar-refractivity contribution in [2.75, 3.05) is 30.9 Å². The molecular formula is C13H19N3OS. The standard InChI is InChI=1S/C13H19N3OS/c1-9-6-12(14-2)11(7-15-9)13(17)16(3)10-4-5-18-8-10/h6-7,10H,4-5,8H2,1-3H3,(H,14,15). The Morgan fingerprint density at radius 1 is 1.61 bits per heavy atom. The molecule has 1 aliphatic rings. The number of amides is 1. The lowest BCUT2D eigenvalue weighted by molar-refractivity contribution is 0.0748. The van der Waals surface area contributed by atoms with E-state index in [0.717, 1.165) is 29.3 Å². The third-order valence-corrected chi connectivity index (χ3v) is 4.46. The largest absolute Gasteiger partial charge is 0.387 e. The van der Waals surface area contributed by atoms with Crippen LogP contribution in [0, 0.1) is 6.92 Å². The first kappa shape index (κ1) is 13.2. The number of carbonyl (C=O) groups is 1. The van der Waals surface area contributed by atoms with Gasteiger partial charge in [0.2, 0.25) is 0 Å². The first-order valence-corrected chi connectivity index (χ1v) is 7.28. The molecule has 0 aliphatic carbocycles. The van der Waals surface area contributed by atoms with Crippen molar-refractivity contribution in [2.24, 2.45) is 0 Å². The van der Waals surface area contributed by atoms with Gasteiger partial charge in [0.25, 0.3) is 5.91 Å². The molecule has 1 fully saturated rings. The molecule has 0 spiro atoms. The number of nitrogens with one attached hydrogen (secondary N) is 1. The van der Waals surface area contributed by atoms with Crippen LogP contribution >= 0.6 is 11.8 Å². The Labute approximate surface area is 112 Å². The van der Waals surface area contributed by atoms with Gasteiger partial charge in [-0.05, 0) is 25.2 Å². The molecule has 1 unspecified atom stereocenters. The van der Waals surface area contributed by atoms with Crippen LogP contribution in [0.1, 0.15) is 22.5 Å². The number of nitrogens with zero attached hydrogens (tertiary/aromatic N) is 2. The second-order valence-corrected chi connectivity index (χ2v) is 5.70. The number of thioether (sulfide) groups is 1. The number of rotatable bonds is 3. The molecule has 0 bridgehead atoms. The summed E-state index contributed by atoms with van der Waals surface area (Å²) < 4.78 is 0. The molecule has 0 radical (unpaired) electrons. The zero-order valence-electron chi connectivity index (χ0n) is 11.1. The summed E-state index contributed by atoms with van der Waals surface area (Å²) in [6.07, 6.45) is 2.75. The predicted octanol–water partition coefficient (Wildman–Crippen LogP) is 2.01. The molecule has 18 heavy (non-hydrogen) atoms. The maximum Gasteiger partial charge on any atom is 0.257 e. The van der Waals surface area contributed by atoms with E-state index >= 15 is 0 Å². The summed E-state index contributed by atoms with van der Waals surface area (Å²) in [6, 6.07) is 2.26. The van der Waals surface area contributed by atoms with E-state index in [9.17, 15) is 4.79 Å². The van der Waals surface area contributed by atoms with E-state index in [0.29, 0.717) is 11.6 Å². The summed E-state index contributed by atoms with van der Waals surface area (Å²) in [6.45, 7) is 1.92. The van der Waals surface area contributed by atoms with Crippen molar-refractivity contribution in [3.8, 4) is 0 Å². The van der Waals surface area contributed by atoms with Crippen LogP contribution in [0.3, 0.4) is 0 Å². The van der Waals surface area contributed by atoms with Gasteiger partial charge in [-0.1, -0.05) is 0 Å². The van der Waals surface area contributed by atoms with Gasteiger partial charge in [-0.25, -0.2) is 0 Å². The van der Waals surface area contributed by atoms with E-state index in [1.807, 2.05) is 43.7 Å². The zero-order valence-corrected chi connectivity index (χ0v) is 11.9. The number of aryl methyl sites for hydroxylation is 1. The van der Waals surface area contributed by atoms with E-state index in [2.05, 4.69) is 10.3 Å². The summed E-state index contributed by atoms with van der Waals surface area (Å²) in [7, 11) is 3.72. The molecule has 2 rings (SSSR count). The van der Waals surface area contributed by atoms with Gasteiger partial charge in [0.05, 0.1) is 11.3 Å². The average molecular weight is 265 g/mol. The van der Waals surface area contributed by atoms with Gasteiger partial charge in [0, 0.05) is 37.8 Å². The normalized spacial score (nSPS) is 18.7. The monoisotopic (exact) mass is 265 g/mol. The molecule has 1 atom stereocenters. The minimum absolute atomic E-state index is 0.0550. The van der Waals surface area contributed by atoms with E-state index < -0.39 is 0 Å². The predicted molar refractivity (Wildman–Crippen MR) is 76.3 cm³/mol. The number of hydrogen-bond acceptors (Lipinski definition) is 4. The number of hydrogen-bond donors (Lipinski definition) is 1. The van der Waals surface area contributed by atoms with Gasteiger partial charge < -0.3 is 10.2 Å². The third kappa shape index (κ3) is 2.61. The Balaban J connectivity index is 2.22. The Hall–Kier alpha value is -1.23. The molecule has 1 N–H and O–H groups in total. The Bertz CT molecular complexity index is 444. The average Bonchev–Trinajstić information content (AvgIpc) is 2.90. The quantitative estimate of drug-likeness (QED) is 0.908. The lowest BCUT2D eigenvalue weighted by Crippen LogP contribution is -2.37. The fourth-order valence-electron chi connectivity index (χ4n) is 2.12. The van der Waals surface area contributed by atoms with Crippen LogP contribution < -0.4 is 5.32 Å².